The second kappa shape index (κ2) is 6.82. The minimum absolute atomic E-state index is 0.962. The van der Waals surface area contributed by atoms with Gasteiger partial charge in [-0.1, -0.05) is 39.3 Å². The van der Waals surface area contributed by atoms with Gasteiger partial charge >= 0.3 is 0 Å². The largest absolute Gasteiger partial charge is 0.547 e. The van der Waals surface area contributed by atoms with Crippen LogP contribution in [0.3, 0.4) is 0 Å². The van der Waals surface area contributed by atoms with E-state index in [0.717, 1.165) is 16.0 Å². The minimum atomic E-state index is -1.69. The van der Waals surface area contributed by atoms with Crippen LogP contribution in [0.25, 0.3) is 0 Å². The van der Waals surface area contributed by atoms with Crippen LogP contribution in [-0.4, -0.2) is 30.9 Å². The average molecular weight is 450 g/mol. The molecule has 7 heteroatoms. The van der Waals surface area contributed by atoms with Gasteiger partial charge in [-0.05, 0) is 60.3 Å². The monoisotopic (exact) mass is 448 g/mol. The molecule has 1 aromatic carbocycles. The van der Waals surface area contributed by atoms with E-state index in [1.54, 1.807) is 0 Å². The first-order valence-electron chi connectivity index (χ1n) is 8.24. The Kier molecular flexibility index (Phi) is 6.29. The predicted octanol–water partition coefficient (Wildman–Crippen LogP) is 6.45. The smallest absolute Gasteiger partial charge is 0.228 e. The SMILES string of the molecule is C[Si](C)(C)[Si](C)(C)Oc1ccc(O[Si](C)(C)[Si](C)(C)C)c(Br)c1. The van der Waals surface area contributed by atoms with Gasteiger partial charge in [0.05, 0.1) is 19.7 Å². The van der Waals surface area contributed by atoms with Crippen LogP contribution >= 0.6 is 15.9 Å². The summed E-state index contributed by atoms with van der Waals surface area (Å²) in [6.07, 6.45) is 0. The van der Waals surface area contributed by atoms with E-state index in [2.05, 4.69) is 99.6 Å². The second-order valence-corrected chi connectivity index (χ2v) is 41.8. The quantitative estimate of drug-likeness (QED) is 0.465. The maximum absolute atomic E-state index is 6.47. The summed E-state index contributed by atoms with van der Waals surface area (Å²) >= 11 is 3.68. The lowest BCUT2D eigenvalue weighted by Gasteiger charge is -2.36. The molecule has 0 aromatic heterocycles. The molecule has 0 heterocycles. The molecule has 0 unspecified atom stereocenters. The van der Waals surface area contributed by atoms with E-state index in [0.29, 0.717) is 0 Å². The van der Waals surface area contributed by atoms with Crippen molar-refractivity contribution in [2.45, 2.75) is 65.5 Å². The van der Waals surface area contributed by atoms with Crippen LogP contribution in [0.5, 0.6) is 11.5 Å². The van der Waals surface area contributed by atoms with Crippen LogP contribution in [0.2, 0.25) is 65.5 Å². The molecular weight excluding hydrogens is 416 g/mol. The molecule has 0 amide bonds. The Bertz CT molecular complexity index is 560. The van der Waals surface area contributed by atoms with Crippen molar-refractivity contribution in [2.24, 2.45) is 0 Å². The molecule has 2 nitrogen and oxygen atoms in total. The molecule has 0 saturated carbocycles. The molecule has 0 atom stereocenters. The topological polar surface area (TPSA) is 18.5 Å². The van der Waals surface area contributed by atoms with E-state index >= 15 is 0 Å². The van der Waals surface area contributed by atoms with Crippen LogP contribution in [0.15, 0.2) is 22.7 Å². The fraction of sp³-hybridized carbons (Fsp3) is 0.625. The molecule has 0 bridgehead atoms. The first-order chi connectivity index (χ1) is 10.1. The van der Waals surface area contributed by atoms with E-state index in [1.165, 1.54) is 0 Å². The van der Waals surface area contributed by atoms with Crippen molar-refractivity contribution >= 4 is 46.8 Å². The molecule has 0 radical (unpaired) electrons. The Morgan fingerprint density at radius 3 is 1.52 bits per heavy atom. The molecule has 0 fully saturated rings. The molecular formula is C16H33BrO2Si4. The summed E-state index contributed by atoms with van der Waals surface area (Å²) in [5.41, 5.74) is 0. The molecule has 1 aromatic rings. The van der Waals surface area contributed by atoms with Crippen molar-refractivity contribution in [3.63, 3.8) is 0 Å². The zero-order valence-electron chi connectivity index (χ0n) is 16.4. The molecule has 0 aliphatic rings. The fourth-order valence-electron chi connectivity index (χ4n) is 1.50. The van der Waals surface area contributed by atoms with Crippen molar-refractivity contribution in [3.8, 4) is 11.5 Å². The lowest BCUT2D eigenvalue weighted by Crippen LogP contribution is -2.57. The molecule has 0 saturated heterocycles. The number of halogens is 1. The maximum Gasteiger partial charge on any atom is 0.228 e. The van der Waals surface area contributed by atoms with Gasteiger partial charge in [-0.25, -0.2) is 0 Å². The number of rotatable bonds is 6. The van der Waals surface area contributed by atoms with E-state index in [-0.39, 0.29) is 0 Å². The highest BCUT2D eigenvalue weighted by atomic mass is 79.9. The lowest BCUT2D eigenvalue weighted by atomic mass is 10.3. The normalized spacial score (nSPS) is 13.9. The number of hydrogen-bond donors (Lipinski definition) is 0. The number of hydrogen-bond acceptors (Lipinski definition) is 2. The number of benzene rings is 1. The van der Waals surface area contributed by atoms with Gasteiger partial charge in [-0.3, -0.25) is 0 Å². The zero-order valence-corrected chi connectivity index (χ0v) is 22.0. The van der Waals surface area contributed by atoms with Crippen LogP contribution in [0, 0.1) is 0 Å². The van der Waals surface area contributed by atoms with Gasteiger partial charge in [0, 0.05) is 0 Å². The molecule has 0 aliphatic heterocycles. The first kappa shape index (κ1) is 21.2. The van der Waals surface area contributed by atoms with E-state index < -0.39 is 30.9 Å². The fourth-order valence-corrected chi connectivity index (χ4v) is 6.67. The van der Waals surface area contributed by atoms with Gasteiger partial charge in [0.2, 0.25) is 15.7 Å². The highest BCUT2D eigenvalue weighted by Gasteiger charge is 2.42. The van der Waals surface area contributed by atoms with E-state index in [1.807, 2.05) is 0 Å². The van der Waals surface area contributed by atoms with Crippen LogP contribution in [0.4, 0.5) is 0 Å². The second-order valence-electron chi connectivity index (χ2n) is 9.32. The van der Waals surface area contributed by atoms with Crippen LogP contribution < -0.4 is 8.85 Å². The van der Waals surface area contributed by atoms with Gasteiger partial charge in [-0.2, -0.15) is 0 Å². The first-order valence-corrected chi connectivity index (χ1v) is 23.9. The van der Waals surface area contributed by atoms with Gasteiger partial charge < -0.3 is 8.85 Å². The van der Waals surface area contributed by atoms with Gasteiger partial charge in [0.15, 0.2) is 0 Å². The molecule has 0 N–H and O–H groups in total. The predicted molar refractivity (Wildman–Crippen MR) is 117 cm³/mol. The van der Waals surface area contributed by atoms with Crippen LogP contribution in [-0.2, 0) is 0 Å². The van der Waals surface area contributed by atoms with E-state index in [4.69, 9.17) is 8.85 Å². The van der Waals surface area contributed by atoms with Crippen molar-refractivity contribution in [3.05, 3.63) is 22.7 Å². The summed E-state index contributed by atoms with van der Waals surface area (Å²) in [6.45, 7) is 23.7. The molecule has 1 rings (SSSR count). The highest BCUT2D eigenvalue weighted by Crippen LogP contribution is 2.34. The van der Waals surface area contributed by atoms with Gasteiger partial charge in [0.25, 0.3) is 0 Å². The van der Waals surface area contributed by atoms with Crippen molar-refractivity contribution in [1.82, 2.24) is 0 Å². The Labute approximate surface area is 155 Å². The Balaban J connectivity index is 3.00. The summed E-state index contributed by atoms with van der Waals surface area (Å²) < 4.78 is 13.9. The Morgan fingerprint density at radius 2 is 1.13 bits per heavy atom. The minimum Gasteiger partial charge on any atom is -0.547 e. The molecule has 0 spiro atoms. The third-order valence-electron chi connectivity index (χ3n) is 5.25. The van der Waals surface area contributed by atoms with Crippen LogP contribution in [0.1, 0.15) is 0 Å². The third-order valence-corrected chi connectivity index (χ3v) is 36.9. The van der Waals surface area contributed by atoms with Crippen molar-refractivity contribution < 1.29 is 8.85 Å². The third kappa shape index (κ3) is 5.32. The van der Waals surface area contributed by atoms with Crippen molar-refractivity contribution in [2.75, 3.05) is 0 Å². The van der Waals surface area contributed by atoms with E-state index in [9.17, 15) is 0 Å². The van der Waals surface area contributed by atoms with Gasteiger partial charge in [0.1, 0.15) is 11.5 Å². The molecule has 132 valence electrons. The summed E-state index contributed by atoms with van der Waals surface area (Å²) in [6, 6.07) is 6.23. The Morgan fingerprint density at radius 1 is 0.696 bits per heavy atom. The molecule has 23 heavy (non-hydrogen) atoms. The summed E-state index contributed by atoms with van der Waals surface area (Å²) in [4.78, 5) is 0. The van der Waals surface area contributed by atoms with Gasteiger partial charge in [-0.15, -0.1) is 0 Å². The lowest BCUT2D eigenvalue weighted by molar-refractivity contribution is 0.549. The summed E-state index contributed by atoms with van der Waals surface area (Å²) in [5, 5.41) is 0. The zero-order chi connectivity index (χ0) is 18.3. The maximum atomic E-state index is 6.47. The average Bonchev–Trinajstić information content (AvgIpc) is 2.29. The van der Waals surface area contributed by atoms with Crippen molar-refractivity contribution in [1.29, 1.82) is 0 Å². The standard InChI is InChI=1S/C16H33BrO2Si4/c1-20(2,3)22(7,8)18-14-11-12-16(15(17)13-14)19-23(9,10)21(4,5)6/h11-13H,1-10H3. The molecule has 0 aliphatic carbocycles. The summed E-state index contributed by atoms with van der Waals surface area (Å²) in [5.74, 6) is 1.93. The Hall–Kier alpha value is 0.168. The highest BCUT2D eigenvalue weighted by molar-refractivity contribution is 9.10. The summed E-state index contributed by atoms with van der Waals surface area (Å²) in [7, 11) is -5.93.